The molecule has 0 atom stereocenters. The second-order valence-corrected chi connectivity index (χ2v) is 11.0. The van der Waals surface area contributed by atoms with Crippen LogP contribution in [0.1, 0.15) is 15.9 Å². The summed E-state index contributed by atoms with van der Waals surface area (Å²) in [5, 5.41) is 3.91. The molecule has 0 unspecified atom stereocenters. The van der Waals surface area contributed by atoms with Gasteiger partial charge < -0.3 is 26.5 Å². The van der Waals surface area contributed by atoms with E-state index < -0.39 is 7.26 Å². The van der Waals surface area contributed by atoms with E-state index in [0.29, 0.717) is 11.3 Å². The van der Waals surface area contributed by atoms with Crippen molar-refractivity contribution in [2.24, 2.45) is 0 Å². The zero-order valence-electron chi connectivity index (χ0n) is 18.6. The van der Waals surface area contributed by atoms with Crippen LogP contribution in [-0.2, 0) is 10.9 Å². The molecule has 0 aliphatic heterocycles. The average molecular weight is 521 g/mol. The van der Waals surface area contributed by atoms with Crippen molar-refractivity contribution < 1.29 is 31.2 Å². The van der Waals surface area contributed by atoms with Crippen molar-refractivity contribution >= 4 is 29.1 Å². The topological polar surface area (TPSA) is 35.5 Å². The molecule has 4 aromatic rings. The molecule has 0 aliphatic rings. The molecular formula is C28H26BrO3P. The number of methoxy groups -OCH3 is 2. The highest BCUT2D eigenvalue weighted by Crippen LogP contribution is 2.59. The van der Waals surface area contributed by atoms with Crippen LogP contribution in [0.3, 0.4) is 0 Å². The molecule has 0 radical (unpaired) electrons. The molecular weight excluding hydrogens is 495 g/mol. The van der Waals surface area contributed by atoms with E-state index in [4.69, 9.17) is 9.47 Å². The van der Waals surface area contributed by atoms with Crippen LogP contribution in [0.25, 0.3) is 0 Å². The number of rotatable bonds is 7. The largest absolute Gasteiger partial charge is 1.00 e. The van der Waals surface area contributed by atoms with E-state index in [1.165, 1.54) is 23.0 Å². The molecule has 3 nitrogen and oxygen atoms in total. The van der Waals surface area contributed by atoms with E-state index >= 15 is 0 Å². The number of ether oxygens (including phenoxy) is 2. The van der Waals surface area contributed by atoms with Crippen molar-refractivity contribution in [2.75, 3.05) is 14.2 Å². The van der Waals surface area contributed by atoms with E-state index in [9.17, 15) is 4.79 Å². The van der Waals surface area contributed by atoms with Crippen LogP contribution >= 0.6 is 7.26 Å². The summed E-state index contributed by atoms with van der Waals surface area (Å²) in [4.78, 5) is 12.1. The second kappa shape index (κ2) is 11.3. The first kappa shape index (κ1) is 24.7. The van der Waals surface area contributed by atoms with Crippen LogP contribution in [-0.4, -0.2) is 20.2 Å². The van der Waals surface area contributed by atoms with Gasteiger partial charge >= 0.3 is 5.97 Å². The Bertz CT molecular complexity index is 1090. The zero-order chi connectivity index (χ0) is 22.4. The third-order valence-electron chi connectivity index (χ3n) is 5.71. The number of carbonyl (C=O) groups is 1. The molecule has 0 saturated carbocycles. The predicted molar refractivity (Wildman–Crippen MR) is 133 cm³/mol. The zero-order valence-corrected chi connectivity index (χ0v) is 21.1. The molecule has 0 spiro atoms. The Kier molecular flexibility index (Phi) is 8.43. The van der Waals surface area contributed by atoms with Gasteiger partial charge in [-0.2, -0.15) is 0 Å². The Morgan fingerprint density at radius 1 is 0.697 bits per heavy atom. The molecule has 4 rings (SSSR count). The van der Waals surface area contributed by atoms with Crippen LogP contribution in [0, 0.1) is 0 Å². The molecule has 168 valence electrons. The minimum Gasteiger partial charge on any atom is -1.00 e. The summed E-state index contributed by atoms with van der Waals surface area (Å²) >= 11 is 0. The lowest BCUT2D eigenvalue weighted by Crippen LogP contribution is -3.00. The second-order valence-electron chi connectivity index (χ2n) is 7.49. The number of carbonyl (C=O) groups excluding carboxylic acids is 1. The van der Waals surface area contributed by atoms with Gasteiger partial charge in [0.1, 0.15) is 35.1 Å². The first-order valence-electron chi connectivity index (χ1n) is 10.5. The fourth-order valence-electron chi connectivity index (χ4n) is 4.14. The third kappa shape index (κ3) is 5.03. The highest BCUT2D eigenvalue weighted by Gasteiger charge is 2.46. The Morgan fingerprint density at radius 3 is 1.55 bits per heavy atom. The van der Waals surface area contributed by atoms with Crippen LogP contribution < -0.4 is 37.6 Å². The number of esters is 1. The highest BCUT2D eigenvalue weighted by atomic mass is 79.9. The van der Waals surface area contributed by atoms with Gasteiger partial charge in [-0.25, -0.2) is 4.79 Å². The predicted octanol–water partition coefficient (Wildman–Crippen LogP) is 1.98. The summed E-state index contributed by atoms with van der Waals surface area (Å²) in [5.74, 6) is 0.324. The van der Waals surface area contributed by atoms with Crippen LogP contribution in [0.4, 0.5) is 0 Å². The maximum Gasteiger partial charge on any atom is 0.337 e. The van der Waals surface area contributed by atoms with Crippen LogP contribution in [0.5, 0.6) is 5.75 Å². The Hall–Kier alpha value is -2.94. The smallest absolute Gasteiger partial charge is 0.337 e. The Labute approximate surface area is 206 Å². The number of benzene rings is 4. The maximum atomic E-state index is 12.1. The minimum atomic E-state index is -2.06. The molecule has 0 heterocycles. The van der Waals surface area contributed by atoms with Gasteiger partial charge in [-0.15, -0.1) is 0 Å². The highest BCUT2D eigenvalue weighted by molar-refractivity contribution is 7.95. The first-order valence-corrected chi connectivity index (χ1v) is 12.5. The summed E-state index contributed by atoms with van der Waals surface area (Å²) in [6.45, 7) is 0. The normalized spacial score (nSPS) is 10.7. The fourth-order valence-corrected chi connectivity index (χ4v) is 8.40. The molecule has 33 heavy (non-hydrogen) atoms. The summed E-state index contributed by atoms with van der Waals surface area (Å²) in [5.41, 5.74) is 1.54. The lowest BCUT2D eigenvalue weighted by Gasteiger charge is -2.28. The molecule has 4 aromatic carbocycles. The van der Waals surface area contributed by atoms with Crippen LogP contribution in [0.2, 0.25) is 0 Å². The lowest BCUT2D eigenvalue weighted by atomic mass is 10.1. The molecule has 0 bridgehead atoms. The van der Waals surface area contributed by atoms with Gasteiger partial charge in [0, 0.05) is 5.56 Å². The van der Waals surface area contributed by atoms with Crippen molar-refractivity contribution in [2.45, 2.75) is 6.16 Å². The van der Waals surface area contributed by atoms with Gasteiger partial charge in [0.25, 0.3) is 0 Å². The quantitative estimate of drug-likeness (QED) is 0.276. The van der Waals surface area contributed by atoms with Crippen molar-refractivity contribution in [1.29, 1.82) is 0 Å². The van der Waals surface area contributed by atoms with E-state index in [1.807, 2.05) is 12.1 Å². The first-order chi connectivity index (χ1) is 15.7. The minimum absolute atomic E-state index is 0. The van der Waals surface area contributed by atoms with E-state index in [-0.39, 0.29) is 23.0 Å². The third-order valence-corrected chi connectivity index (χ3v) is 10.1. The number of hydrogen-bond acceptors (Lipinski definition) is 3. The fraction of sp³-hybridized carbons (Fsp3) is 0.107. The molecule has 5 heteroatoms. The van der Waals surface area contributed by atoms with E-state index in [0.717, 1.165) is 11.7 Å². The standard InChI is InChI=1S/C28H26O3P.BrH/c1-30-27-20-22(28(29)31-2)18-19-23(27)21-32(24-12-6-3-7-13-24,25-14-8-4-9-15-25)26-16-10-5-11-17-26;/h3-20H,21H2,1-2H3;1H/q+1;/p-1. The summed E-state index contributed by atoms with van der Waals surface area (Å²) in [7, 11) is 0.978. The maximum absolute atomic E-state index is 12.1. The molecule has 0 aromatic heterocycles. The SMILES string of the molecule is COC(=O)c1ccc(C[P+](c2ccccc2)(c2ccccc2)c2ccccc2)c(OC)c1.[Br-]. The summed E-state index contributed by atoms with van der Waals surface area (Å²) in [6.07, 6.45) is 0.773. The van der Waals surface area contributed by atoms with E-state index in [1.54, 1.807) is 13.2 Å². The lowest BCUT2D eigenvalue weighted by molar-refractivity contribution is -0.0000210. The van der Waals surface area contributed by atoms with Crippen LogP contribution in [0.15, 0.2) is 109 Å². The number of hydrogen-bond donors (Lipinski definition) is 0. The van der Waals surface area contributed by atoms with E-state index in [2.05, 4.69) is 91.0 Å². The van der Waals surface area contributed by atoms with Gasteiger partial charge in [0.2, 0.25) is 0 Å². The summed E-state index contributed by atoms with van der Waals surface area (Å²) < 4.78 is 10.6. The average Bonchev–Trinajstić information content (AvgIpc) is 2.88. The molecule has 0 amide bonds. The van der Waals surface area contributed by atoms with Crippen molar-refractivity contribution in [3.8, 4) is 5.75 Å². The summed E-state index contributed by atoms with van der Waals surface area (Å²) in [6, 6.07) is 37.7. The van der Waals surface area contributed by atoms with Crippen molar-refractivity contribution in [1.82, 2.24) is 0 Å². The molecule has 0 aliphatic carbocycles. The van der Waals surface area contributed by atoms with Gasteiger partial charge in [0.15, 0.2) is 0 Å². The molecule has 0 saturated heterocycles. The molecule has 0 N–H and O–H groups in total. The van der Waals surface area contributed by atoms with Gasteiger partial charge in [0.05, 0.1) is 19.8 Å². The van der Waals surface area contributed by atoms with Crippen molar-refractivity contribution in [3.63, 3.8) is 0 Å². The van der Waals surface area contributed by atoms with Crippen molar-refractivity contribution in [3.05, 3.63) is 120 Å². The van der Waals surface area contributed by atoms with Gasteiger partial charge in [-0.05, 0) is 48.5 Å². The Morgan fingerprint density at radius 2 is 1.15 bits per heavy atom. The number of halogens is 1. The van der Waals surface area contributed by atoms with Gasteiger partial charge in [-0.1, -0.05) is 60.7 Å². The Balaban J connectivity index is 0.00000306. The molecule has 0 fully saturated rings. The van der Waals surface area contributed by atoms with Gasteiger partial charge in [-0.3, -0.25) is 0 Å². The monoisotopic (exact) mass is 520 g/mol.